The number of ether oxygens (including phenoxy) is 1. The van der Waals surface area contributed by atoms with Gasteiger partial charge in [-0.25, -0.2) is 14.2 Å². The van der Waals surface area contributed by atoms with Crippen LogP contribution >= 0.6 is 34.8 Å². The molecule has 8 nitrogen and oxygen atoms in total. The van der Waals surface area contributed by atoms with E-state index in [-0.39, 0.29) is 17.1 Å². The Balaban J connectivity index is 1.77. The van der Waals surface area contributed by atoms with Gasteiger partial charge in [0.15, 0.2) is 11.4 Å². The fourth-order valence-electron chi connectivity index (χ4n) is 4.26. The minimum atomic E-state index is -1.81. The van der Waals surface area contributed by atoms with Crippen LogP contribution in [0.1, 0.15) is 21.9 Å². The molecule has 5 rings (SSSR count). The molecule has 0 saturated carbocycles. The van der Waals surface area contributed by atoms with Gasteiger partial charge in [0.2, 0.25) is 3.79 Å². The maximum absolute atomic E-state index is 13.3. The number of para-hydroxylation sites is 2. The summed E-state index contributed by atoms with van der Waals surface area (Å²) in [5, 5.41) is 11.5. The standard InChI is InChI=1S/C24H16Cl3N5O3/c1-12-18(13-6-2-4-8-15(13)29-12)19-17(10-28)32(23(34)31-19)21-14-7-3-5-9-16(14)30-20(21)22(33)35-11-24(25,26)27/h2-9,29-30H,11H2,1H3,(H,31,34). The predicted octanol–water partition coefficient (Wildman–Crippen LogP) is 5.50. The number of rotatable bonds is 4. The molecule has 3 heterocycles. The molecule has 0 bridgehead atoms. The van der Waals surface area contributed by atoms with Crippen LogP contribution < -0.4 is 5.69 Å². The van der Waals surface area contributed by atoms with Crippen molar-refractivity contribution >= 4 is 62.6 Å². The largest absolute Gasteiger partial charge is 0.456 e. The summed E-state index contributed by atoms with van der Waals surface area (Å²) in [4.78, 5) is 35.4. The zero-order valence-corrected chi connectivity index (χ0v) is 20.3. The highest BCUT2D eigenvalue weighted by molar-refractivity contribution is 6.67. The van der Waals surface area contributed by atoms with Crippen LogP contribution in [0.5, 0.6) is 0 Å². The van der Waals surface area contributed by atoms with E-state index in [2.05, 4.69) is 21.0 Å². The Morgan fingerprint density at radius 1 is 1.03 bits per heavy atom. The van der Waals surface area contributed by atoms with Gasteiger partial charge in [-0.3, -0.25) is 0 Å². The fraction of sp³-hybridized carbons (Fsp3) is 0.125. The van der Waals surface area contributed by atoms with Crippen LogP contribution in [0.25, 0.3) is 38.8 Å². The van der Waals surface area contributed by atoms with E-state index in [9.17, 15) is 14.9 Å². The second-order valence-corrected chi connectivity index (χ2v) is 10.4. The second-order valence-electron chi connectivity index (χ2n) is 7.86. The third-order valence-corrected chi connectivity index (χ3v) is 5.95. The van der Waals surface area contributed by atoms with Gasteiger partial charge < -0.3 is 19.7 Å². The molecule has 0 fully saturated rings. The van der Waals surface area contributed by atoms with Crippen molar-refractivity contribution in [1.82, 2.24) is 19.5 Å². The highest BCUT2D eigenvalue weighted by Crippen LogP contribution is 2.35. The molecule has 0 saturated heterocycles. The summed E-state index contributed by atoms with van der Waals surface area (Å²) in [5.74, 6) is -0.843. The number of nitriles is 1. The Bertz CT molecular complexity index is 1710. The molecule has 2 aromatic carbocycles. The van der Waals surface area contributed by atoms with Gasteiger partial charge >= 0.3 is 11.7 Å². The number of hydrogen-bond donors (Lipinski definition) is 3. The number of imidazole rings is 1. The Morgan fingerprint density at radius 3 is 2.31 bits per heavy atom. The third-order valence-electron chi connectivity index (χ3n) is 5.62. The number of carbonyl (C=O) groups is 1. The molecule has 0 atom stereocenters. The first-order valence-corrected chi connectivity index (χ1v) is 11.5. The van der Waals surface area contributed by atoms with E-state index in [1.165, 1.54) is 4.57 Å². The van der Waals surface area contributed by atoms with E-state index in [4.69, 9.17) is 39.5 Å². The van der Waals surface area contributed by atoms with Gasteiger partial charge in [0, 0.05) is 33.1 Å². The highest BCUT2D eigenvalue weighted by atomic mass is 35.6. The lowest BCUT2D eigenvalue weighted by atomic mass is 10.1. The molecule has 0 unspecified atom stereocenters. The lowest BCUT2D eigenvalue weighted by Gasteiger charge is -2.12. The SMILES string of the molecule is Cc1[nH]c2ccccc2c1-c1[nH]c(=O)n(-c2c(C(=O)OCC(Cl)(Cl)Cl)[nH]c3ccccc23)c1C#N. The number of hydrogen-bond acceptors (Lipinski definition) is 4. The molecular formula is C24H16Cl3N5O3. The molecule has 0 amide bonds. The molecule has 0 spiro atoms. The summed E-state index contributed by atoms with van der Waals surface area (Å²) >= 11 is 17.2. The zero-order valence-electron chi connectivity index (χ0n) is 18.1. The number of fused-ring (bicyclic) bond motifs is 2. The zero-order chi connectivity index (χ0) is 24.9. The Labute approximate surface area is 213 Å². The fourth-order valence-corrected chi connectivity index (χ4v) is 4.42. The number of carbonyl (C=O) groups excluding carboxylic acids is 1. The molecule has 0 radical (unpaired) electrons. The summed E-state index contributed by atoms with van der Waals surface area (Å²) in [6.07, 6.45) is 0. The number of nitrogens with one attached hydrogen (secondary N) is 3. The molecule has 0 aliphatic rings. The number of aryl methyl sites for hydroxylation is 1. The molecule has 5 aromatic rings. The van der Waals surface area contributed by atoms with Gasteiger partial charge in [-0.05, 0) is 19.1 Å². The summed E-state index contributed by atoms with van der Waals surface area (Å²) in [7, 11) is 0. The molecule has 3 N–H and O–H groups in total. The van der Waals surface area contributed by atoms with Crippen LogP contribution in [0, 0.1) is 18.3 Å². The van der Waals surface area contributed by atoms with Crippen LogP contribution in [0.2, 0.25) is 0 Å². The maximum atomic E-state index is 13.3. The van der Waals surface area contributed by atoms with Gasteiger partial charge in [-0.1, -0.05) is 71.2 Å². The average molecular weight is 529 g/mol. The van der Waals surface area contributed by atoms with Crippen molar-refractivity contribution in [2.45, 2.75) is 10.7 Å². The number of benzene rings is 2. The van der Waals surface area contributed by atoms with Crippen molar-refractivity contribution in [2.24, 2.45) is 0 Å². The Hall–Kier alpha value is -3.64. The van der Waals surface area contributed by atoms with Crippen molar-refractivity contribution in [3.8, 4) is 23.0 Å². The summed E-state index contributed by atoms with van der Waals surface area (Å²) in [6, 6.07) is 16.7. The van der Waals surface area contributed by atoms with E-state index in [0.717, 1.165) is 16.6 Å². The molecule has 3 aromatic heterocycles. The van der Waals surface area contributed by atoms with Crippen molar-refractivity contribution < 1.29 is 9.53 Å². The van der Waals surface area contributed by atoms with Crippen LogP contribution in [-0.2, 0) is 4.74 Å². The van der Waals surface area contributed by atoms with Crippen LogP contribution in [0.15, 0.2) is 53.3 Å². The quantitative estimate of drug-likeness (QED) is 0.211. The molecule has 35 heavy (non-hydrogen) atoms. The molecule has 0 aliphatic heterocycles. The Kier molecular flexibility index (Phi) is 5.64. The predicted molar refractivity (Wildman–Crippen MR) is 136 cm³/mol. The van der Waals surface area contributed by atoms with E-state index in [1.54, 1.807) is 24.3 Å². The lowest BCUT2D eigenvalue weighted by Crippen LogP contribution is -2.21. The number of aromatic nitrogens is 4. The minimum Gasteiger partial charge on any atom is -0.456 e. The monoisotopic (exact) mass is 527 g/mol. The number of halogens is 3. The highest BCUT2D eigenvalue weighted by Gasteiger charge is 2.29. The van der Waals surface area contributed by atoms with Gasteiger partial charge in [-0.15, -0.1) is 0 Å². The number of nitrogens with zero attached hydrogens (tertiary/aromatic N) is 2. The second kappa shape index (κ2) is 8.54. The number of H-pyrrole nitrogens is 3. The summed E-state index contributed by atoms with van der Waals surface area (Å²) in [6.45, 7) is 1.36. The first-order chi connectivity index (χ1) is 16.7. The topological polar surface area (TPSA) is 119 Å². The first-order valence-electron chi connectivity index (χ1n) is 10.4. The molecule has 11 heteroatoms. The van der Waals surface area contributed by atoms with Gasteiger partial charge in [0.1, 0.15) is 12.7 Å². The van der Waals surface area contributed by atoms with E-state index < -0.39 is 22.1 Å². The number of alkyl halides is 3. The number of esters is 1. The minimum absolute atomic E-state index is 0.0306. The number of aromatic amines is 3. The van der Waals surface area contributed by atoms with E-state index in [0.29, 0.717) is 22.2 Å². The van der Waals surface area contributed by atoms with Crippen LogP contribution in [0.3, 0.4) is 0 Å². The lowest BCUT2D eigenvalue weighted by molar-refractivity contribution is 0.0506. The maximum Gasteiger partial charge on any atom is 0.357 e. The summed E-state index contributed by atoms with van der Waals surface area (Å²) < 4.78 is 4.53. The normalized spacial score (nSPS) is 11.7. The first kappa shape index (κ1) is 23.1. The molecular weight excluding hydrogens is 513 g/mol. The smallest absolute Gasteiger partial charge is 0.357 e. The van der Waals surface area contributed by atoms with Crippen molar-refractivity contribution in [3.05, 3.63) is 76.1 Å². The molecule has 0 aliphatic carbocycles. The van der Waals surface area contributed by atoms with Gasteiger partial charge in [-0.2, -0.15) is 5.26 Å². The average Bonchev–Trinajstić information content (AvgIpc) is 3.46. The van der Waals surface area contributed by atoms with Crippen molar-refractivity contribution in [1.29, 1.82) is 5.26 Å². The third kappa shape index (κ3) is 3.98. The Morgan fingerprint density at radius 2 is 1.66 bits per heavy atom. The van der Waals surface area contributed by atoms with Crippen LogP contribution in [-0.4, -0.2) is 35.9 Å². The summed E-state index contributed by atoms with van der Waals surface area (Å²) in [5.41, 5.74) is 2.76. The van der Waals surface area contributed by atoms with E-state index >= 15 is 0 Å². The van der Waals surface area contributed by atoms with Crippen LogP contribution in [0.4, 0.5) is 0 Å². The van der Waals surface area contributed by atoms with Gasteiger partial charge in [0.25, 0.3) is 0 Å². The van der Waals surface area contributed by atoms with Crippen molar-refractivity contribution in [3.63, 3.8) is 0 Å². The van der Waals surface area contributed by atoms with Crippen molar-refractivity contribution in [2.75, 3.05) is 6.61 Å². The van der Waals surface area contributed by atoms with E-state index in [1.807, 2.05) is 31.2 Å². The molecule has 176 valence electrons. The van der Waals surface area contributed by atoms with Gasteiger partial charge in [0.05, 0.1) is 11.4 Å².